The van der Waals surface area contributed by atoms with Crippen LogP contribution in [0.4, 0.5) is 0 Å². The van der Waals surface area contributed by atoms with Gasteiger partial charge in [0, 0.05) is 0 Å². The summed E-state index contributed by atoms with van der Waals surface area (Å²) in [6.45, 7) is 15.4. The molecule has 0 amide bonds. The summed E-state index contributed by atoms with van der Waals surface area (Å²) in [7, 11) is 0. The van der Waals surface area contributed by atoms with E-state index in [1.165, 1.54) is 25.7 Å². The predicted molar refractivity (Wildman–Crippen MR) is 77.8 cm³/mol. The Morgan fingerprint density at radius 1 is 1.06 bits per heavy atom. The smallest absolute Gasteiger partial charge is 0.0203 e. The van der Waals surface area contributed by atoms with Crippen molar-refractivity contribution in [2.75, 3.05) is 0 Å². The summed E-state index contributed by atoms with van der Waals surface area (Å²) in [5.74, 6) is 2.53. The van der Waals surface area contributed by atoms with Crippen LogP contribution < -0.4 is 0 Å². The van der Waals surface area contributed by atoms with E-state index in [2.05, 4.69) is 46.8 Å². The van der Waals surface area contributed by atoms with Crippen molar-refractivity contribution < 1.29 is 0 Å². The number of allylic oxidation sites excluding steroid dienone is 2. The van der Waals surface area contributed by atoms with Crippen LogP contribution in [0.25, 0.3) is 0 Å². The zero-order valence-corrected chi connectivity index (χ0v) is 12.7. The summed E-state index contributed by atoms with van der Waals surface area (Å²) in [5, 5.41) is 0. The summed E-state index contributed by atoms with van der Waals surface area (Å²) in [6, 6.07) is 0. The van der Waals surface area contributed by atoms with Crippen molar-refractivity contribution in [2.45, 2.75) is 74.1 Å². The van der Waals surface area contributed by atoms with Crippen LogP contribution in [0.5, 0.6) is 0 Å². The van der Waals surface area contributed by atoms with Crippen LogP contribution in [0.2, 0.25) is 0 Å². The van der Waals surface area contributed by atoms with Gasteiger partial charge in [0.1, 0.15) is 0 Å². The molecule has 0 radical (unpaired) electrons. The minimum absolute atomic E-state index is 0.810. The third-order valence-corrected chi connectivity index (χ3v) is 2.97. The van der Waals surface area contributed by atoms with E-state index >= 15 is 0 Å². The van der Waals surface area contributed by atoms with Crippen LogP contribution in [0.15, 0.2) is 12.2 Å². The number of hydrogen-bond acceptors (Lipinski definition) is 0. The van der Waals surface area contributed by atoms with Gasteiger partial charge < -0.3 is 0 Å². The maximum atomic E-state index is 2.42. The normalized spacial score (nSPS) is 14.8. The van der Waals surface area contributed by atoms with E-state index in [9.17, 15) is 0 Å². The van der Waals surface area contributed by atoms with Gasteiger partial charge in [-0.15, -0.1) is 0 Å². The Kier molecular flexibility index (Phi) is 14.5. The quantitative estimate of drug-likeness (QED) is 0.462. The van der Waals surface area contributed by atoms with E-state index in [0.29, 0.717) is 0 Å². The van der Waals surface area contributed by atoms with Gasteiger partial charge in [-0.05, 0) is 31.1 Å². The van der Waals surface area contributed by atoms with E-state index in [-0.39, 0.29) is 0 Å². The monoisotopic (exact) mass is 226 g/mol. The molecule has 0 aromatic carbocycles. The van der Waals surface area contributed by atoms with Crippen LogP contribution in [-0.2, 0) is 0 Å². The Balaban J connectivity index is 0. The van der Waals surface area contributed by atoms with Gasteiger partial charge in [0.2, 0.25) is 0 Å². The molecular formula is C16H34. The molecule has 0 aliphatic carbocycles. The minimum atomic E-state index is 0.810. The van der Waals surface area contributed by atoms with Gasteiger partial charge in [0.25, 0.3) is 0 Å². The lowest BCUT2D eigenvalue weighted by Crippen LogP contribution is -2.14. The molecule has 98 valence electrons. The molecule has 0 aromatic rings. The van der Waals surface area contributed by atoms with Crippen LogP contribution in [0, 0.1) is 17.8 Å². The standard InChI is InChI=1S/C14H28.C2H6/c1-6-9-13(8-3)14(10-7-2)11-12(4)5;1-2/h7,10,12-14H,6,8-9,11H2,1-5H3;1-2H3/b10-7-;. The van der Waals surface area contributed by atoms with E-state index in [1.54, 1.807) is 0 Å². The highest BCUT2D eigenvalue weighted by Gasteiger charge is 2.17. The summed E-state index contributed by atoms with van der Waals surface area (Å²) >= 11 is 0. The molecule has 0 aliphatic rings. The molecule has 0 saturated carbocycles. The van der Waals surface area contributed by atoms with E-state index in [0.717, 1.165) is 17.8 Å². The Labute approximate surface area is 105 Å². The lowest BCUT2D eigenvalue weighted by Gasteiger charge is -2.24. The van der Waals surface area contributed by atoms with Crippen molar-refractivity contribution in [3.05, 3.63) is 12.2 Å². The molecule has 0 spiro atoms. The molecule has 0 nitrogen and oxygen atoms in total. The molecule has 0 aliphatic heterocycles. The van der Waals surface area contributed by atoms with Gasteiger partial charge in [0.15, 0.2) is 0 Å². The zero-order chi connectivity index (χ0) is 13.0. The van der Waals surface area contributed by atoms with Gasteiger partial charge in [-0.1, -0.05) is 73.0 Å². The molecule has 0 aromatic heterocycles. The second-order valence-corrected chi connectivity index (χ2v) is 4.78. The van der Waals surface area contributed by atoms with Crippen molar-refractivity contribution in [3.63, 3.8) is 0 Å². The third kappa shape index (κ3) is 9.00. The average molecular weight is 226 g/mol. The van der Waals surface area contributed by atoms with Crippen molar-refractivity contribution in [3.8, 4) is 0 Å². The molecule has 2 atom stereocenters. The van der Waals surface area contributed by atoms with E-state index in [1.807, 2.05) is 13.8 Å². The molecular weight excluding hydrogens is 192 g/mol. The summed E-state index contributed by atoms with van der Waals surface area (Å²) in [5.41, 5.74) is 0. The highest BCUT2D eigenvalue weighted by molar-refractivity contribution is 4.89. The molecule has 16 heavy (non-hydrogen) atoms. The molecule has 0 fully saturated rings. The molecule has 0 N–H and O–H groups in total. The third-order valence-electron chi connectivity index (χ3n) is 2.97. The Morgan fingerprint density at radius 3 is 1.94 bits per heavy atom. The average Bonchev–Trinajstić information content (AvgIpc) is 2.27. The van der Waals surface area contributed by atoms with E-state index < -0.39 is 0 Å². The summed E-state index contributed by atoms with van der Waals surface area (Å²) in [6.07, 6.45) is 10.0. The molecule has 0 saturated heterocycles. The number of hydrogen-bond donors (Lipinski definition) is 0. The predicted octanol–water partition coefficient (Wildman–Crippen LogP) is 6.08. The SMILES string of the molecule is C/C=C\C(CC(C)C)C(CC)CCC.CC. The van der Waals surface area contributed by atoms with Crippen LogP contribution in [0.1, 0.15) is 74.1 Å². The first kappa shape index (κ1) is 18.1. The largest absolute Gasteiger partial charge is 0.0914 e. The maximum absolute atomic E-state index is 2.42. The highest BCUT2D eigenvalue weighted by atomic mass is 14.2. The summed E-state index contributed by atoms with van der Waals surface area (Å²) in [4.78, 5) is 0. The second kappa shape index (κ2) is 12.8. The first-order valence-electron chi connectivity index (χ1n) is 7.28. The van der Waals surface area contributed by atoms with Gasteiger partial charge in [-0.25, -0.2) is 0 Å². The Hall–Kier alpha value is -0.260. The van der Waals surface area contributed by atoms with E-state index in [4.69, 9.17) is 0 Å². The maximum Gasteiger partial charge on any atom is -0.0203 e. The van der Waals surface area contributed by atoms with Crippen LogP contribution in [0.3, 0.4) is 0 Å². The van der Waals surface area contributed by atoms with Crippen LogP contribution in [-0.4, -0.2) is 0 Å². The fourth-order valence-corrected chi connectivity index (χ4v) is 2.31. The van der Waals surface area contributed by atoms with Crippen molar-refractivity contribution >= 4 is 0 Å². The first-order chi connectivity index (χ1) is 7.65. The first-order valence-corrected chi connectivity index (χ1v) is 7.28. The van der Waals surface area contributed by atoms with Gasteiger partial charge in [-0.3, -0.25) is 0 Å². The Bertz CT molecular complexity index is 144. The van der Waals surface area contributed by atoms with Gasteiger partial charge >= 0.3 is 0 Å². The van der Waals surface area contributed by atoms with Gasteiger partial charge in [-0.2, -0.15) is 0 Å². The molecule has 2 unspecified atom stereocenters. The molecule has 0 heterocycles. The molecule has 0 heteroatoms. The lowest BCUT2D eigenvalue weighted by atomic mass is 9.81. The molecule has 0 bridgehead atoms. The van der Waals surface area contributed by atoms with Crippen molar-refractivity contribution in [2.24, 2.45) is 17.8 Å². The Morgan fingerprint density at radius 2 is 1.62 bits per heavy atom. The molecule has 0 rings (SSSR count). The van der Waals surface area contributed by atoms with Gasteiger partial charge in [0.05, 0.1) is 0 Å². The topological polar surface area (TPSA) is 0 Å². The number of rotatable bonds is 7. The van der Waals surface area contributed by atoms with Crippen molar-refractivity contribution in [1.82, 2.24) is 0 Å². The lowest BCUT2D eigenvalue weighted by molar-refractivity contribution is 0.308. The highest BCUT2D eigenvalue weighted by Crippen LogP contribution is 2.28. The fraction of sp³-hybridized carbons (Fsp3) is 0.875. The summed E-state index contributed by atoms with van der Waals surface area (Å²) < 4.78 is 0. The minimum Gasteiger partial charge on any atom is -0.0914 e. The fourth-order valence-electron chi connectivity index (χ4n) is 2.31. The zero-order valence-electron chi connectivity index (χ0n) is 12.7. The van der Waals surface area contributed by atoms with Crippen molar-refractivity contribution in [1.29, 1.82) is 0 Å². The van der Waals surface area contributed by atoms with Crippen LogP contribution >= 0.6 is 0 Å². The second-order valence-electron chi connectivity index (χ2n) is 4.78.